The third kappa shape index (κ3) is 5.18. The van der Waals surface area contributed by atoms with E-state index in [-0.39, 0.29) is 29.6 Å². The Balaban J connectivity index is 1.33. The van der Waals surface area contributed by atoms with Gasteiger partial charge < -0.3 is 15.4 Å². The van der Waals surface area contributed by atoms with Gasteiger partial charge in [0.2, 0.25) is 5.91 Å². The molecule has 8 nitrogen and oxygen atoms in total. The monoisotopic (exact) mass is 401 g/mol. The minimum atomic E-state index is -0.557. The molecule has 0 radical (unpaired) electrons. The average Bonchev–Trinajstić information content (AvgIpc) is 3.46. The van der Waals surface area contributed by atoms with Gasteiger partial charge in [-0.15, -0.1) is 0 Å². The highest BCUT2D eigenvalue weighted by Crippen LogP contribution is 2.39. The summed E-state index contributed by atoms with van der Waals surface area (Å²) < 4.78 is 19.4. The Labute approximate surface area is 167 Å². The van der Waals surface area contributed by atoms with Gasteiger partial charge in [0.1, 0.15) is 5.82 Å². The molecule has 29 heavy (non-hydrogen) atoms. The maximum atomic E-state index is 14.1. The molecule has 1 aliphatic heterocycles. The lowest BCUT2D eigenvalue weighted by atomic mass is 10.2. The lowest BCUT2D eigenvalue weighted by Gasteiger charge is -2.26. The normalized spacial score (nSPS) is 17.1. The number of amides is 2. The van der Waals surface area contributed by atoms with Crippen LogP contribution in [0.3, 0.4) is 0 Å². The number of halogens is 1. The Bertz CT molecular complexity index is 890. The fraction of sp³-hybridized carbons (Fsp3) is 0.450. The van der Waals surface area contributed by atoms with E-state index in [0.717, 1.165) is 31.6 Å². The van der Waals surface area contributed by atoms with Crippen LogP contribution in [0.4, 0.5) is 15.8 Å². The minimum Gasteiger partial charge on any atom is -0.379 e. The van der Waals surface area contributed by atoms with Crippen LogP contribution < -0.4 is 10.6 Å². The predicted octanol–water partition coefficient (Wildman–Crippen LogP) is 2.34. The first-order valence-electron chi connectivity index (χ1n) is 9.84. The van der Waals surface area contributed by atoms with Crippen LogP contribution in [0.5, 0.6) is 0 Å². The van der Waals surface area contributed by atoms with Gasteiger partial charge in [0.05, 0.1) is 18.9 Å². The van der Waals surface area contributed by atoms with E-state index in [9.17, 15) is 14.0 Å². The van der Waals surface area contributed by atoms with E-state index < -0.39 is 5.82 Å². The zero-order valence-electron chi connectivity index (χ0n) is 16.0. The van der Waals surface area contributed by atoms with Crippen molar-refractivity contribution in [1.29, 1.82) is 0 Å². The van der Waals surface area contributed by atoms with Crippen molar-refractivity contribution in [3.05, 3.63) is 41.5 Å². The number of morpholine rings is 1. The molecule has 2 amide bonds. The lowest BCUT2D eigenvalue weighted by molar-refractivity contribution is -0.116. The van der Waals surface area contributed by atoms with Crippen LogP contribution in [0.25, 0.3) is 0 Å². The van der Waals surface area contributed by atoms with Crippen molar-refractivity contribution in [2.45, 2.75) is 25.2 Å². The van der Waals surface area contributed by atoms with Crippen molar-refractivity contribution in [3.8, 4) is 0 Å². The number of ether oxygens (including phenoxy) is 1. The number of carbonyl (C=O) groups excluding carboxylic acids is 2. The number of H-pyrrole nitrogens is 1. The van der Waals surface area contributed by atoms with E-state index in [2.05, 4.69) is 25.7 Å². The maximum absolute atomic E-state index is 14.1. The summed E-state index contributed by atoms with van der Waals surface area (Å²) in [4.78, 5) is 26.7. The van der Waals surface area contributed by atoms with E-state index in [1.54, 1.807) is 6.07 Å². The van der Waals surface area contributed by atoms with Crippen LogP contribution in [-0.4, -0.2) is 59.8 Å². The number of nitrogens with one attached hydrogen (secondary N) is 3. The Hall–Kier alpha value is -2.78. The van der Waals surface area contributed by atoms with Gasteiger partial charge >= 0.3 is 0 Å². The van der Waals surface area contributed by atoms with E-state index in [4.69, 9.17) is 4.74 Å². The highest BCUT2D eigenvalue weighted by atomic mass is 19.1. The molecule has 0 unspecified atom stereocenters. The van der Waals surface area contributed by atoms with E-state index in [1.165, 1.54) is 18.2 Å². The van der Waals surface area contributed by atoms with Crippen LogP contribution in [0, 0.1) is 5.82 Å². The lowest BCUT2D eigenvalue weighted by Crippen LogP contribution is -2.38. The fourth-order valence-corrected chi connectivity index (χ4v) is 3.25. The number of benzene rings is 1. The molecule has 1 aliphatic carbocycles. The molecule has 154 valence electrons. The number of nitrogens with zero attached hydrogens (tertiary/aromatic N) is 2. The molecule has 9 heteroatoms. The predicted molar refractivity (Wildman–Crippen MR) is 105 cm³/mol. The van der Waals surface area contributed by atoms with Gasteiger partial charge in [-0.05, 0) is 37.1 Å². The zero-order valence-corrected chi connectivity index (χ0v) is 16.0. The third-order valence-corrected chi connectivity index (χ3v) is 5.10. The third-order valence-electron chi connectivity index (χ3n) is 5.10. The molecular formula is C20H24FN5O3. The first kappa shape index (κ1) is 19.5. The number of aromatic nitrogens is 2. The number of carbonyl (C=O) groups is 2. The molecule has 1 saturated carbocycles. The molecule has 1 aromatic carbocycles. The van der Waals surface area contributed by atoms with Gasteiger partial charge in [-0.1, -0.05) is 0 Å². The summed E-state index contributed by atoms with van der Waals surface area (Å²) in [5.41, 5.74) is 1.67. The number of hydrogen-bond donors (Lipinski definition) is 3. The van der Waals surface area contributed by atoms with Crippen LogP contribution in [0.1, 0.15) is 41.4 Å². The highest BCUT2D eigenvalue weighted by molar-refractivity contribution is 6.03. The summed E-state index contributed by atoms with van der Waals surface area (Å²) in [6, 6.07) is 5.82. The summed E-state index contributed by atoms with van der Waals surface area (Å²) in [5, 5.41) is 12.2. The summed E-state index contributed by atoms with van der Waals surface area (Å²) in [6.45, 7) is 3.50. The molecule has 2 fully saturated rings. The molecule has 2 heterocycles. The Morgan fingerprint density at radius 3 is 2.76 bits per heavy atom. The first-order chi connectivity index (χ1) is 14.1. The molecule has 1 aromatic heterocycles. The molecular weight excluding hydrogens is 377 g/mol. The van der Waals surface area contributed by atoms with Crippen LogP contribution >= 0.6 is 0 Å². The summed E-state index contributed by atoms with van der Waals surface area (Å²) >= 11 is 0. The molecule has 0 atom stereocenters. The quantitative estimate of drug-likeness (QED) is 0.661. The molecule has 0 spiro atoms. The summed E-state index contributed by atoms with van der Waals surface area (Å²) in [5.74, 6) is -0.753. The smallest absolute Gasteiger partial charge is 0.276 e. The molecule has 1 saturated heterocycles. The number of anilines is 2. The fourth-order valence-electron chi connectivity index (χ4n) is 3.25. The van der Waals surface area contributed by atoms with Crippen LogP contribution in [0.15, 0.2) is 24.3 Å². The largest absolute Gasteiger partial charge is 0.379 e. The van der Waals surface area contributed by atoms with Gasteiger partial charge in [-0.25, -0.2) is 4.39 Å². The number of aromatic amines is 1. The van der Waals surface area contributed by atoms with E-state index in [0.29, 0.717) is 31.4 Å². The second-order valence-electron chi connectivity index (χ2n) is 7.38. The Morgan fingerprint density at radius 2 is 2.00 bits per heavy atom. The molecule has 2 aliphatic rings. The second-order valence-corrected chi connectivity index (χ2v) is 7.38. The van der Waals surface area contributed by atoms with Gasteiger partial charge in [0, 0.05) is 43.4 Å². The van der Waals surface area contributed by atoms with Crippen molar-refractivity contribution >= 4 is 23.2 Å². The van der Waals surface area contributed by atoms with Crippen LogP contribution in [0.2, 0.25) is 0 Å². The number of rotatable bonds is 7. The van der Waals surface area contributed by atoms with Crippen molar-refractivity contribution in [2.75, 3.05) is 43.5 Å². The van der Waals surface area contributed by atoms with Gasteiger partial charge in [0.15, 0.2) is 5.69 Å². The summed E-state index contributed by atoms with van der Waals surface area (Å²) in [7, 11) is 0. The SMILES string of the molecule is O=C(CCN1CCOCC1)Nc1cc(NC(=O)c2cc(C3CC3)[nH]n2)ccc1F. The standard InChI is InChI=1S/C20H24FN5O3/c21-15-4-3-14(22-20(28)18-12-16(24-25-18)13-1-2-13)11-17(15)23-19(27)5-6-26-7-9-29-10-8-26/h3-4,11-13H,1-2,5-10H2,(H,22,28)(H,23,27)(H,24,25). The first-order valence-corrected chi connectivity index (χ1v) is 9.84. The second kappa shape index (κ2) is 8.71. The minimum absolute atomic E-state index is 0.0375. The van der Waals surface area contributed by atoms with Crippen molar-refractivity contribution in [1.82, 2.24) is 15.1 Å². The van der Waals surface area contributed by atoms with Crippen molar-refractivity contribution in [2.24, 2.45) is 0 Å². The average molecular weight is 401 g/mol. The van der Waals surface area contributed by atoms with Gasteiger partial charge in [0.25, 0.3) is 5.91 Å². The zero-order chi connectivity index (χ0) is 20.2. The van der Waals surface area contributed by atoms with Crippen molar-refractivity contribution in [3.63, 3.8) is 0 Å². The molecule has 2 aromatic rings. The highest BCUT2D eigenvalue weighted by Gasteiger charge is 2.26. The molecule has 0 bridgehead atoms. The van der Waals surface area contributed by atoms with Gasteiger partial charge in [-0.2, -0.15) is 5.10 Å². The molecule has 4 rings (SSSR count). The van der Waals surface area contributed by atoms with E-state index in [1.807, 2.05) is 0 Å². The Morgan fingerprint density at radius 1 is 1.21 bits per heavy atom. The number of hydrogen-bond acceptors (Lipinski definition) is 5. The topological polar surface area (TPSA) is 99.4 Å². The van der Waals surface area contributed by atoms with Crippen LogP contribution in [-0.2, 0) is 9.53 Å². The van der Waals surface area contributed by atoms with E-state index >= 15 is 0 Å². The summed E-state index contributed by atoms with van der Waals surface area (Å²) in [6.07, 6.45) is 2.47. The maximum Gasteiger partial charge on any atom is 0.276 e. The molecule has 3 N–H and O–H groups in total. The Kier molecular flexibility index (Phi) is 5.86. The van der Waals surface area contributed by atoms with Gasteiger partial charge in [-0.3, -0.25) is 19.6 Å². The van der Waals surface area contributed by atoms with Crippen molar-refractivity contribution < 1.29 is 18.7 Å².